The van der Waals surface area contributed by atoms with Crippen LogP contribution in [0, 0.1) is 0 Å². The molecule has 0 unspecified atom stereocenters. The van der Waals surface area contributed by atoms with Crippen LogP contribution in [0.5, 0.6) is 0 Å². The summed E-state index contributed by atoms with van der Waals surface area (Å²) in [4.78, 5) is 11.0. The Bertz CT molecular complexity index is 134. The van der Waals surface area contributed by atoms with Crippen LogP contribution in [-0.4, -0.2) is 37.0 Å². The first-order valence-corrected chi connectivity index (χ1v) is 5.21. The number of carbonyl (C=O) groups excluding carboxylic acids is 1. The summed E-state index contributed by atoms with van der Waals surface area (Å²) in [6.07, 6.45) is 3.01. The topological polar surface area (TPSA) is 41.1 Å². The van der Waals surface area contributed by atoms with E-state index in [1.54, 1.807) is 11.8 Å². The molecule has 1 fully saturated rings. The van der Waals surface area contributed by atoms with Crippen molar-refractivity contribution < 1.29 is 4.79 Å². The summed E-state index contributed by atoms with van der Waals surface area (Å²) in [5.74, 6) is 0.738. The number of rotatable bonds is 3. The second-order valence-corrected chi connectivity index (χ2v) is 3.56. The van der Waals surface area contributed by atoms with Gasteiger partial charge < -0.3 is 10.6 Å². The fourth-order valence-electron chi connectivity index (χ4n) is 1.18. The number of hydrogen-bond donors (Lipinski definition) is 2. The van der Waals surface area contributed by atoms with Gasteiger partial charge in [-0.3, -0.25) is 4.79 Å². The Morgan fingerprint density at radius 3 is 3.18 bits per heavy atom. The van der Waals surface area contributed by atoms with E-state index >= 15 is 0 Å². The number of amides is 1. The average Bonchev–Trinajstić information content (AvgIpc) is 2.40. The van der Waals surface area contributed by atoms with E-state index in [2.05, 4.69) is 10.6 Å². The van der Waals surface area contributed by atoms with Crippen molar-refractivity contribution in [1.82, 2.24) is 10.6 Å². The highest BCUT2D eigenvalue weighted by molar-refractivity contribution is 7.99. The van der Waals surface area contributed by atoms with Crippen LogP contribution in [0.4, 0.5) is 0 Å². The van der Waals surface area contributed by atoms with Crippen molar-refractivity contribution in [3.8, 4) is 0 Å². The molecule has 2 N–H and O–H groups in total. The molecule has 0 aromatic heterocycles. The molecule has 4 heteroatoms. The standard InChI is InChI=1S/C7H14N2OS/c1-11-5-7(10)9-6-2-3-8-4-6/h6,8H,2-5H2,1H3,(H,9,10)/t6-/m1/s1. The van der Waals surface area contributed by atoms with Crippen molar-refractivity contribution in [3.63, 3.8) is 0 Å². The molecular formula is C7H14N2OS. The van der Waals surface area contributed by atoms with Gasteiger partial charge in [-0.1, -0.05) is 0 Å². The third kappa shape index (κ3) is 3.12. The highest BCUT2D eigenvalue weighted by Gasteiger charge is 2.15. The van der Waals surface area contributed by atoms with Gasteiger partial charge in [0.05, 0.1) is 5.75 Å². The molecule has 0 aromatic carbocycles. The maximum Gasteiger partial charge on any atom is 0.230 e. The molecule has 0 bridgehead atoms. The predicted octanol–water partition coefficient (Wildman–Crippen LogP) is -0.172. The molecule has 0 radical (unpaired) electrons. The molecule has 1 aliphatic heterocycles. The first kappa shape index (κ1) is 8.87. The first-order valence-electron chi connectivity index (χ1n) is 3.82. The second-order valence-electron chi connectivity index (χ2n) is 2.69. The SMILES string of the molecule is CSCC(=O)N[C@@H]1CCNC1. The van der Waals surface area contributed by atoms with Crippen molar-refractivity contribution >= 4 is 17.7 Å². The largest absolute Gasteiger partial charge is 0.351 e. The molecule has 0 aliphatic carbocycles. The van der Waals surface area contributed by atoms with Crippen LogP contribution in [0.15, 0.2) is 0 Å². The van der Waals surface area contributed by atoms with Crippen LogP contribution in [0.25, 0.3) is 0 Å². The summed E-state index contributed by atoms with van der Waals surface area (Å²) in [6, 6.07) is 0.370. The lowest BCUT2D eigenvalue weighted by atomic mass is 10.3. The quantitative estimate of drug-likeness (QED) is 0.624. The molecule has 0 spiro atoms. The Morgan fingerprint density at radius 2 is 2.64 bits per heavy atom. The lowest BCUT2D eigenvalue weighted by molar-refractivity contribution is -0.119. The van der Waals surface area contributed by atoms with Gasteiger partial charge in [0.1, 0.15) is 0 Å². The molecule has 11 heavy (non-hydrogen) atoms. The van der Waals surface area contributed by atoms with Crippen molar-refractivity contribution in [2.75, 3.05) is 25.1 Å². The Balaban J connectivity index is 2.13. The van der Waals surface area contributed by atoms with Gasteiger partial charge in [0.2, 0.25) is 5.91 Å². The van der Waals surface area contributed by atoms with E-state index in [1.807, 2.05) is 6.26 Å². The molecule has 0 saturated carbocycles. The summed E-state index contributed by atoms with van der Waals surface area (Å²) >= 11 is 1.56. The summed E-state index contributed by atoms with van der Waals surface area (Å²) in [5.41, 5.74) is 0. The van der Waals surface area contributed by atoms with Gasteiger partial charge in [-0.15, -0.1) is 0 Å². The molecule has 64 valence electrons. The molecule has 1 heterocycles. The van der Waals surface area contributed by atoms with E-state index in [-0.39, 0.29) is 5.91 Å². The van der Waals surface area contributed by atoms with E-state index in [0.717, 1.165) is 19.5 Å². The van der Waals surface area contributed by atoms with Crippen molar-refractivity contribution in [2.45, 2.75) is 12.5 Å². The Labute approximate surface area is 71.3 Å². The van der Waals surface area contributed by atoms with Crippen LogP contribution in [0.3, 0.4) is 0 Å². The minimum atomic E-state index is 0.159. The third-order valence-electron chi connectivity index (χ3n) is 1.70. The summed E-state index contributed by atoms with van der Waals surface area (Å²) in [7, 11) is 0. The Kier molecular flexibility index (Phi) is 3.72. The van der Waals surface area contributed by atoms with Crippen molar-refractivity contribution in [1.29, 1.82) is 0 Å². The fraction of sp³-hybridized carbons (Fsp3) is 0.857. The Morgan fingerprint density at radius 1 is 1.82 bits per heavy atom. The highest BCUT2D eigenvalue weighted by atomic mass is 32.2. The van der Waals surface area contributed by atoms with Crippen LogP contribution in [-0.2, 0) is 4.79 Å². The van der Waals surface area contributed by atoms with Gasteiger partial charge in [0, 0.05) is 12.6 Å². The normalized spacial score (nSPS) is 23.5. The number of hydrogen-bond acceptors (Lipinski definition) is 3. The minimum absolute atomic E-state index is 0.159. The van der Waals surface area contributed by atoms with E-state index in [4.69, 9.17) is 0 Å². The lowest BCUT2D eigenvalue weighted by Gasteiger charge is -2.09. The number of nitrogens with one attached hydrogen (secondary N) is 2. The van der Waals surface area contributed by atoms with Crippen LogP contribution in [0.2, 0.25) is 0 Å². The van der Waals surface area contributed by atoms with Crippen molar-refractivity contribution in [3.05, 3.63) is 0 Å². The zero-order chi connectivity index (χ0) is 8.10. The van der Waals surface area contributed by atoms with Crippen LogP contribution in [0.1, 0.15) is 6.42 Å². The second kappa shape index (κ2) is 4.62. The summed E-state index contributed by atoms with van der Waals surface area (Å²) in [6.45, 7) is 1.96. The van der Waals surface area contributed by atoms with Gasteiger partial charge in [-0.05, 0) is 19.2 Å². The zero-order valence-electron chi connectivity index (χ0n) is 6.72. The minimum Gasteiger partial charge on any atom is -0.351 e. The maximum absolute atomic E-state index is 11.0. The predicted molar refractivity (Wildman–Crippen MR) is 47.8 cm³/mol. The smallest absolute Gasteiger partial charge is 0.230 e. The summed E-state index contributed by atoms with van der Waals surface area (Å²) in [5, 5.41) is 6.16. The number of thioether (sulfide) groups is 1. The molecule has 0 aromatic rings. The van der Waals surface area contributed by atoms with Gasteiger partial charge in [-0.25, -0.2) is 0 Å². The molecule has 1 saturated heterocycles. The van der Waals surface area contributed by atoms with Crippen molar-refractivity contribution in [2.24, 2.45) is 0 Å². The Hall–Kier alpha value is -0.220. The van der Waals surface area contributed by atoms with Gasteiger partial charge in [0.15, 0.2) is 0 Å². The van der Waals surface area contributed by atoms with E-state index in [0.29, 0.717) is 11.8 Å². The fourth-order valence-corrected chi connectivity index (χ4v) is 1.52. The first-order chi connectivity index (χ1) is 5.33. The van der Waals surface area contributed by atoms with Crippen LogP contribution >= 0.6 is 11.8 Å². The molecule has 1 rings (SSSR count). The van der Waals surface area contributed by atoms with E-state index in [9.17, 15) is 4.79 Å². The maximum atomic E-state index is 11.0. The van der Waals surface area contributed by atoms with Gasteiger partial charge in [-0.2, -0.15) is 11.8 Å². The summed E-state index contributed by atoms with van der Waals surface area (Å²) < 4.78 is 0. The lowest BCUT2D eigenvalue weighted by Crippen LogP contribution is -2.37. The van der Waals surface area contributed by atoms with Gasteiger partial charge >= 0.3 is 0 Å². The third-order valence-corrected chi connectivity index (χ3v) is 2.25. The highest BCUT2D eigenvalue weighted by Crippen LogP contribution is 1.98. The van der Waals surface area contributed by atoms with Gasteiger partial charge in [0.25, 0.3) is 0 Å². The monoisotopic (exact) mass is 174 g/mol. The van der Waals surface area contributed by atoms with E-state index in [1.165, 1.54) is 0 Å². The molecule has 1 amide bonds. The molecule has 1 atom stereocenters. The molecule has 1 aliphatic rings. The zero-order valence-corrected chi connectivity index (χ0v) is 7.54. The molecular weight excluding hydrogens is 160 g/mol. The average molecular weight is 174 g/mol. The van der Waals surface area contributed by atoms with E-state index < -0.39 is 0 Å². The van der Waals surface area contributed by atoms with Crippen LogP contribution < -0.4 is 10.6 Å². The number of carbonyl (C=O) groups is 1. The molecule has 3 nitrogen and oxygen atoms in total.